The summed E-state index contributed by atoms with van der Waals surface area (Å²) in [6, 6.07) is 0. The van der Waals surface area contributed by atoms with Crippen LogP contribution in [0.15, 0.2) is 0 Å². The Kier molecular flexibility index (Phi) is 2.96. The van der Waals surface area contributed by atoms with Crippen molar-refractivity contribution in [3.05, 3.63) is 0 Å². The zero-order chi connectivity index (χ0) is 10.1. The van der Waals surface area contributed by atoms with Gasteiger partial charge in [-0.05, 0) is 19.4 Å². The number of carbonyl (C=O) groups is 1. The topological polar surface area (TPSA) is 32.3 Å². The molecule has 0 aromatic rings. The minimum absolute atomic E-state index is 0.00984. The molecule has 1 aliphatic heterocycles. The van der Waals surface area contributed by atoms with Gasteiger partial charge in [-0.2, -0.15) is 0 Å². The van der Waals surface area contributed by atoms with Crippen LogP contribution in [0.2, 0.25) is 0 Å². The van der Waals surface area contributed by atoms with E-state index in [0.29, 0.717) is 12.5 Å². The van der Waals surface area contributed by atoms with Gasteiger partial charge in [0.15, 0.2) is 0 Å². The minimum Gasteiger partial charge on any atom is -0.348 e. The van der Waals surface area contributed by atoms with Gasteiger partial charge >= 0.3 is 0 Å². The van der Waals surface area contributed by atoms with Crippen LogP contribution in [0.4, 0.5) is 0 Å². The summed E-state index contributed by atoms with van der Waals surface area (Å²) in [6.07, 6.45) is 1.00. The van der Waals surface area contributed by atoms with Crippen LogP contribution in [-0.4, -0.2) is 36.5 Å². The van der Waals surface area contributed by atoms with E-state index in [1.807, 2.05) is 7.05 Å². The van der Waals surface area contributed by atoms with Crippen LogP contribution in [0.1, 0.15) is 27.2 Å². The van der Waals surface area contributed by atoms with E-state index in [0.717, 1.165) is 13.0 Å². The Morgan fingerprint density at radius 1 is 1.62 bits per heavy atom. The standard InChI is InChI=1S/C10H20N2O/c1-5-10(8(2)3)7-12(4)6-9(13)11-10/h8H,5-7H2,1-4H3,(H,11,13). The molecule has 1 aliphatic rings. The number of rotatable bonds is 2. The molecule has 3 heteroatoms. The van der Waals surface area contributed by atoms with Crippen LogP contribution in [0.25, 0.3) is 0 Å². The molecule has 0 radical (unpaired) electrons. The zero-order valence-electron chi connectivity index (χ0n) is 9.05. The first-order valence-electron chi connectivity index (χ1n) is 4.99. The number of hydrogen-bond acceptors (Lipinski definition) is 2. The number of hydrogen-bond donors (Lipinski definition) is 1. The largest absolute Gasteiger partial charge is 0.348 e. The fraction of sp³-hybridized carbons (Fsp3) is 0.900. The fourth-order valence-electron chi connectivity index (χ4n) is 2.07. The van der Waals surface area contributed by atoms with Gasteiger partial charge in [-0.15, -0.1) is 0 Å². The first-order chi connectivity index (χ1) is 6.00. The molecule has 0 spiro atoms. The van der Waals surface area contributed by atoms with E-state index in [-0.39, 0.29) is 11.4 Å². The molecule has 0 saturated carbocycles. The van der Waals surface area contributed by atoms with E-state index in [1.165, 1.54) is 0 Å². The third kappa shape index (κ3) is 2.02. The second-order valence-corrected chi connectivity index (χ2v) is 4.38. The summed E-state index contributed by atoms with van der Waals surface area (Å²) in [5, 5.41) is 3.13. The highest BCUT2D eigenvalue weighted by Gasteiger charge is 2.38. The molecule has 1 fully saturated rings. The first-order valence-corrected chi connectivity index (χ1v) is 4.99. The Bertz CT molecular complexity index is 203. The Morgan fingerprint density at radius 3 is 2.62 bits per heavy atom. The van der Waals surface area contributed by atoms with E-state index in [4.69, 9.17) is 0 Å². The Labute approximate surface area is 80.5 Å². The van der Waals surface area contributed by atoms with Crippen LogP contribution < -0.4 is 5.32 Å². The van der Waals surface area contributed by atoms with E-state index < -0.39 is 0 Å². The maximum Gasteiger partial charge on any atom is 0.234 e. The highest BCUT2D eigenvalue weighted by Crippen LogP contribution is 2.24. The fourth-order valence-corrected chi connectivity index (χ4v) is 2.07. The second kappa shape index (κ2) is 3.66. The van der Waals surface area contributed by atoms with Gasteiger partial charge in [0.05, 0.1) is 12.1 Å². The van der Waals surface area contributed by atoms with Gasteiger partial charge in [0.2, 0.25) is 5.91 Å². The summed E-state index contributed by atoms with van der Waals surface area (Å²) in [5.74, 6) is 0.647. The highest BCUT2D eigenvalue weighted by atomic mass is 16.2. The lowest BCUT2D eigenvalue weighted by Gasteiger charge is -2.44. The van der Waals surface area contributed by atoms with Gasteiger partial charge in [0.1, 0.15) is 0 Å². The van der Waals surface area contributed by atoms with Crippen molar-refractivity contribution < 1.29 is 4.79 Å². The van der Waals surface area contributed by atoms with Crippen molar-refractivity contribution in [2.75, 3.05) is 20.1 Å². The molecule has 0 aromatic heterocycles. The first kappa shape index (κ1) is 10.5. The average Bonchev–Trinajstić information content (AvgIpc) is 2.02. The Morgan fingerprint density at radius 2 is 2.23 bits per heavy atom. The molecule has 3 nitrogen and oxygen atoms in total. The number of nitrogens with one attached hydrogen (secondary N) is 1. The van der Waals surface area contributed by atoms with Crippen LogP contribution >= 0.6 is 0 Å². The molecule has 76 valence electrons. The van der Waals surface area contributed by atoms with Crippen molar-refractivity contribution in [3.8, 4) is 0 Å². The zero-order valence-corrected chi connectivity index (χ0v) is 9.05. The Hall–Kier alpha value is -0.570. The van der Waals surface area contributed by atoms with Crippen molar-refractivity contribution in [1.29, 1.82) is 0 Å². The number of piperazine rings is 1. The molecule has 1 heterocycles. The van der Waals surface area contributed by atoms with Crippen molar-refractivity contribution in [2.24, 2.45) is 5.92 Å². The summed E-state index contributed by atoms with van der Waals surface area (Å²) in [7, 11) is 2.01. The molecular weight excluding hydrogens is 164 g/mol. The number of carbonyl (C=O) groups excluding carboxylic acids is 1. The van der Waals surface area contributed by atoms with Crippen molar-refractivity contribution in [2.45, 2.75) is 32.7 Å². The molecule has 1 unspecified atom stereocenters. The van der Waals surface area contributed by atoms with Crippen LogP contribution in [-0.2, 0) is 4.79 Å². The minimum atomic E-state index is -0.00984. The molecular formula is C10H20N2O. The van der Waals surface area contributed by atoms with Crippen molar-refractivity contribution >= 4 is 5.91 Å². The maximum absolute atomic E-state index is 11.4. The lowest BCUT2D eigenvalue weighted by molar-refractivity contribution is -0.128. The van der Waals surface area contributed by atoms with Gasteiger partial charge in [0, 0.05) is 6.54 Å². The smallest absolute Gasteiger partial charge is 0.234 e. The van der Waals surface area contributed by atoms with Crippen LogP contribution in [0, 0.1) is 5.92 Å². The van der Waals surface area contributed by atoms with Gasteiger partial charge in [-0.25, -0.2) is 0 Å². The number of nitrogens with zero attached hydrogens (tertiary/aromatic N) is 1. The van der Waals surface area contributed by atoms with Crippen LogP contribution in [0.3, 0.4) is 0 Å². The summed E-state index contributed by atoms with van der Waals surface area (Å²) in [6.45, 7) is 7.98. The number of likely N-dealkylation sites (N-methyl/N-ethyl adjacent to an activating group) is 1. The molecule has 1 N–H and O–H groups in total. The van der Waals surface area contributed by atoms with E-state index in [1.54, 1.807) is 0 Å². The lowest BCUT2D eigenvalue weighted by atomic mass is 9.82. The molecule has 0 aromatic carbocycles. The average molecular weight is 184 g/mol. The molecule has 13 heavy (non-hydrogen) atoms. The molecule has 0 aliphatic carbocycles. The van der Waals surface area contributed by atoms with Gasteiger partial charge in [-0.1, -0.05) is 20.8 Å². The summed E-state index contributed by atoms with van der Waals surface area (Å²) in [4.78, 5) is 13.5. The maximum atomic E-state index is 11.4. The molecule has 1 atom stereocenters. The lowest BCUT2D eigenvalue weighted by Crippen LogP contribution is -2.64. The van der Waals surface area contributed by atoms with Crippen molar-refractivity contribution in [1.82, 2.24) is 10.2 Å². The highest BCUT2D eigenvalue weighted by molar-refractivity contribution is 5.79. The van der Waals surface area contributed by atoms with Gasteiger partial charge in [0.25, 0.3) is 0 Å². The van der Waals surface area contributed by atoms with E-state index in [2.05, 4.69) is 31.0 Å². The van der Waals surface area contributed by atoms with E-state index >= 15 is 0 Å². The predicted octanol–water partition coefficient (Wildman–Crippen LogP) is 0.853. The van der Waals surface area contributed by atoms with Crippen molar-refractivity contribution in [3.63, 3.8) is 0 Å². The number of amides is 1. The van der Waals surface area contributed by atoms with Gasteiger partial charge < -0.3 is 5.32 Å². The normalized spacial score (nSPS) is 30.7. The Balaban J connectivity index is 2.80. The summed E-state index contributed by atoms with van der Waals surface area (Å²) >= 11 is 0. The predicted molar refractivity (Wildman–Crippen MR) is 53.5 cm³/mol. The molecule has 1 amide bonds. The second-order valence-electron chi connectivity index (χ2n) is 4.38. The monoisotopic (exact) mass is 184 g/mol. The van der Waals surface area contributed by atoms with E-state index in [9.17, 15) is 4.79 Å². The van der Waals surface area contributed by atoms with Gasteiger partial charge in [-0.3, -0.25) is 9.69 Å². The molecule has 0 bridgehead atoms. The third-order valence-electron chi connectivity index (χ3n) is 3.09. The summed E-state index contributed by atoms with van der Waals surface area (Å²) < 4.78 is 0. The third-order valence-corrected chi connectivity index (χ3v) is 3.09. The SMILES string of the molecule is CCC1(C(C)C)CN(C)CC(=O)N1. The van der Waals surface area contributed by atoms with Crippen LogP contribution in [0.5, 0.6) is 0 Å². The molecule has 1 rings (SSSR count). The molecule has 1 saturated heterocycles. The summed E-state index contributed by atoms with van der Waals surface area (Å²) in [5.41, 5.74) is -0.00984. The quantitative estimate of drug-likeness (QED) is 0.690.